The predicted molar refractivity (Wildman–Crippen MR) is 82.7 cm³/mol. The van der Waals surface area contributed by atoms with Crippen LogP contribution in [0.3, 0.4) is 0 Å². The number of aryl methyl sites for hydroxylation is 1. The van der Waals surface area contributed by atoms with Crippen molar-refractivity contribution in [3.05, 3.63) is 42.0 Å². The summed E-state index contributed by atoms with van der Waals surface area (Å²) in [6.07, 6.45) is 1.80. The molecule has 1 aromatic rings. The Morgan fingerprint density at radius 1 is 1.45 bits per heavy atom. The van der Waals surface area contributed by atoms with Crippen molar-refractivity contribution in [2.75, 3.05) is 23.4 Å². The summed E-state index contributed by atoms with van der Waals surface area (Å²) in [7, 11) is 0. The second kappa shape index (κ2) is 8.27. The highest BCUT2D eigenvalue weighted by molar-refractivity contribution is 7.99. The van der Waals surface area contributed by atoms with Crippen LogP contribution in [0.5, 0.6) is 0 Å². The first kappa shape index (κ1) is 16.1. The van der Waals surface area contributed by atoms with Gasteiger partial charge < -0.3 is 15.7 Å². The Balaban J connectivity index is 2.57. The zero-order valence-corrected chi connectivity index (χ0v) is 12.1. The minimum Gasteiger partial charge on any atom is -0.478 e. The quantitative estimate of drug-likeness (QED) is 0.534. The van der Waals surface area contributed by atoms with Crippen LogP contribution < -0.4 is 10.6 Å². The summed E-state index contributed by atoms with van der Waals surface area (Å²) in [5, 5.41) is 14.4. The number of carboxylic acid groups (broad SMARTS) is 1. The lowest BCUT2D eigenvalue weighted by molar-refractivity contribution is 0.0698. The van der Waals surface area contributed by atoms with E-state index >= 15 is 0 Å². The molecule has 1 aromatic carbocycles. The molecule has 108 valence electrons. The van der Waals surface area contributed by atoms with E-state index in [1.165, 1.54) is 6.07 Å². The van der Waals surface area contributed by atoms with E-state index in [-0.39, 0.29) is 5.56 Å². The van der Waals surface area contributed by atoms with Gasteiger partial charge in [0.1, 0.15) is 0 Å². The molecule has 0 radical (unpaired) electrons. The molecule has 3 N–H and O–H groups in total. The van der Waals surface area contributed by atoms with Gasteiger partial charge in [-0.2, -0.15) is 11.8 Å². The number of anilines is 1. The standard InChI is InChI=1S/C14H18N2O3S/c1-3-8-20-9-7-15-14(19)16-12-10(2)5-4-6-11(12)13(17)18/h3-6H,1,7-9H2,2H3,(H,17,18)(H2,15,16,19). The number of hydrogen-bond donors (Lipinski definition) is 3. The Bertz CT molecular complexity index is 503. The molecule has 0 aliphatic carbocycles. The van der Waals surface area contributed by atoms with Gasteiger partial charge in [-0.3, -0.25) is 0 Å². The molecule has 0 fully saturated rings. The molecule has 0 unspecified atom stereocenters. The third-order valence-corrected chi connectivity index (χ3v) is 3.47. The molecule has 0 bridgehead atoms. The van der Waals surface area contributed by atoms with Crippen molar-refractivity contribution in [1.29, 1.82) is 0 Å². The zero-order valence-electron chi connectivity index (χ0n) is 11.3. The number of benzene rings is 1. The fraction of sp³-hybridized carbons (Fsp3) is 0.286. The lowest BCUT2D eigenvalue weighted by Crippen LogP contribution is -2.31. The maximum atomic E-state index is 11.7. The van der Waals surface area contributed by atoms with Crippen LogP contribution in [0.4, 0.5) is 10.5 Å². The van der Waals surface area contributed by atoms with Crippen molar-refractivity contribution in [3.8, 4) is 0 Å². The second-order valence-electron chi connectivity index (χ2n) is 4.05. The summed E-state index contributed by atoms with van der Waals surface area (Å²) < 4.78 is 0. The first-order valence-corrected chi connectivity index (χ1v) is 7.28. The molecule has 20 heavy (non-hydrogen) atoms. The van der Waals surface area contributed by atoms with Crippen molar-refractivity contribution < 1.29 is 14.7 Å². The summed E-state index contributed by atoms with van der Waals surface area (Å²) in [5.74, 6) is 0.550. The summed E-state index contributed by atoms with van der Waals surface area (Å²) in [4.78, 5) is 22.8. The van der Waals surface area contributed by atoms with Gasteiger partial charge in [0, 0.05) is 18.1 Å². The van der Waals surface area contributed by atoms with Crippen molar-refractivity contribution in [2.24, 2.45) is 0 Å². The number of rotatable bonds is 7. The average Bonchev–Trinajstić information content (AvgIpc) is 2.40. The van der Waals surface area contributed by atoms with E-state index < -0.39 is 12.0 Å². The van der Waals surface area contributed by atoms with E-state index in [4.69, 9.17) is 5.11 Å². The lowest BCUT2D eigenvalue weighted by atomic mass is 10.1. The van der Waals surface area contributed by atoms with Gasteiger partial charge in [0.25, 0.3) is 0 Å². The van der Waals surface area contributed by atoms with Crippen molar-refractivity contribution in [3.63, 3.8) is 0 Å². The molecule has 0 saturated heterocycles. The molecule has 0 aliphatic heterocycles. The van der Waals surface area contributed by atoms with Gasteiger partial charge in [0.15, 0.2) is 0 Å². The number of hydrogen-bond acceptors (Lipinski definition) is 3. The Hall–Kier alpha value is -1.95. The summed E-state index contributed by atoms with van der Waals surface area (Å²) >= 11 is 1.66. The zero-order chi connectivity index (χ0) is 15.0. The number of nitrogens with one attached hydrogen (secondary N) is 2. The highest BCUT2D eigenvalue weighted by atomic mass is 32.2. The molecule has 0 aromatic heterocycles. The smallest absolute Gasteiger partial charge is 0.337 e. The van der Waals surface area contributed by atoms with Crippen molar-refractivity contribution in [1.82, 2.24) is 5.32 Å². The first-order chi connectivity index (χ1) is 9.56. The van der Waals surface area contributed by atoms with Crippen LogP contribution in [-0.4, -0.2) is 35.2 Å². The van der Waals surface area contributed by atoms with Gasteiger partial charge in [-0.1, -0.05) is 18.2 Å². The number of thioether (sulfide) groups is 1. The van der Waals surface area contributed by atoms with Crippen LogP contribution in [0.1, 0.15) is 15.9 Å². The van der Waals surface area contributed by atoms with Crippen molar-refractivity contribution in [2.45, 2.75) is 6.92 Å². The molecular weight excluding hydrogens is 276 g/mol. The molecule has 0 atom stereocenters. The van der Waals surface area contributed by atoms with Gasteiger partial charge in [-0.15, -0.1) is 6.58 Å². The number of para-hydroxylation sites is 1. The number of urea groups is 1. The molecule has 0 spiro atoms. The molecule has 5 nitrogen and oxygen atoms in total. The highest BCUT2D eigenvalue weighted by Crippen LogP contribution is 2.20. The maximum absolute atomic E-state index is 11.7. The average molecular weight is 294 g/mol. The van der Waals surface area contributed by atoms with Crippen LogP contribution in [0, 0.1) is 6.92 Å². The first-order valence-electron chi connectivity index (χ1n) is 6.12. The van der Waals surface area contributed by atoms with Gasteiger partial charge in [0.05, 0.1) is 11.3 Å². The Kier molecular flexibility index (Phi) is 6.66. The molecule has 0 saturated carbocycles. The number of aromatic carboxylic acids is 1. The van der Waals surface area contributed by atoms with Crippen LogP contribution in [0.15, 0.2) is 30.9 Å². The Labute approximate surface area is 122 Å². The molecule has 2 amide bonds. The van der Waals surface area contributed by atoms with Gasteiger partial charge in [0.2, 0.25) is 0 Å². The largest absolute Gasteiger partial charge is 0.478 e. The summed E-state index contributed by atoms with van der Waals surface area (Å²) in [6, 6.07) is 4.46. The molecule has 0 heterocycles. The normalized spacial score (nSPS) is 9.85. The van der Waals surface area contributed by atoms with E-state index in [0.29, 0.717) is 17.8 Å². The highest BCUT2D eigenvalue weighted by Gasteiger charge is 2.13. The van der Waals surface area contributed by atoms with Crippen LogP contribution >= 0.6 is 11.8 Å². The Morgan fingerprint density at radius 2 is 2.20 bits per heavy atom. The lowest BCUT2D eigenvalue weighted by Gasteiger charge is -2.12. The fourth-order valence-corrected chi connectivity index (χ4v) is 2.15. The predicted octanol–water partition coefficient (Wildman–Crippen LogP) is 2.73. The molecule has 6 heteroatoms. The van der Waals surface area contributed by atoms with Gasteiger partial charge in [-0.05, 0) is 18.6 Å². The molecule has 1 rings (SSSR count). The van der Waals surface area contributed by atoms with Crippen LogP contribution in [0.2, 0.25) is 0 Å². The number of carboxylic acids is 1. The second-order valence-corrected chi connectivity index (χ2v) is 5.20. The fourth-order valence-electron chi connectivity index (χ4n) is 1.57. The van der Waals surface area contributed by atoms with Crippen molar-refractivity contribution >= 4 is 29.4 Å². The summed E-state index contributed by atoms with van der Waals surface area (Å²) in [5.41, 5.74) is 1.12. The monoisotopic (exact) mass is 294 g/mol. The molecule has 0 aliphatic rings. The maximum Gasteiger partial charge on any atom is 0.337 e. The van der Waals surface area contributed by atoms with Crippen LogP contribution in [0.25, 0.3) is 0 Å². The van der Waals surface area contributed by atoms with Gasteiger partial charge >= 0.3 is 12.0 Å². The van der Waals surface area contributed by atoms with E-state index in [2.05, 4.69) is 17.2 Å². The SMILES string of the molecule is C=CCSCCNC(=O)Nc1c(C)cccc1C(=O)O. The van der Waals surface area contributed by atoms with E-state index in [9.17, 15) is 9.59 Å². The topological polar surface area (TPSA) is 78.4 Å². The number of amides is 2. The van der Waals surface area contributed by atoms with E-state index in [1.807, 2.05) is 0 Å². The third-order valence-electron chi connectivity index (χ3n) is 2.51. The van der Waals surface area contributed by atoms with E-state index in [0.717, 1.165) is 11.5 Å². The minimum atomic E-state index is -1.06. The van der Waals surface area contributed by atoms with Gasteiger partial charge in [-0.25, -0.2) is 9.59 Å². The molecular formula is C14H18N2O3S. The number of carbonyl (C=O) groups excluding carboxylic acids is 1. The van der Waals surface area contributed by atoms with E-state index in [1.54, 1.807) is 36.9 Å². The minimum absolute atomic E-state index is 0.0844. The number of carbonyl (C=O) groups is 2. The van der Waals surface area contributed by atoms with Crippen LogP contribution in [-0.2, 0) is 0 Å². The Morgan fingerprint density at radius 3 is 2.85 bits per heavy atom. The summed E-state index contributed by atoms with van der Waals surface area (Å²) in [6.45, 7) is 5.87. The third kappa shape index (κ3) is 4.97.